The number of aliphatic hydroxyl groups excluding tert-OH is 1. The van der Waals surface area contributed by atoms with Gasteiger partial charge in [-0.05, 0) is 63.3 Å². The molecule has 0 aromatic carbocycles. The lowest BCUT2D eigenvalue weighted by Gasteiger charge is -2.49. The molecular weight excluding hydrogens is 258 g/mol. The van der Waals surface area contributed by atoms with Crippen LogP contribution < -0.4 is 0 Å². The van der Waals surface area contributed by atoms with Gasteiger partial charge in [0.1, 0.15) is 0 Å². The van der Waals surface area contributed by atoms with E-state index in [2.05, 4.69) is 18.7 Å². The van der Waals surface area contributed by atoms with Gasteiger partial charge in [0.05, 0.1) is 6.10 Å². The van der Waals surface area contributed by atoms with Crippen LogP contribution in [0.1, 0.15) is 78.1 Å². The third-order valence-electron chi connectivity index (χ3n) is 6.49. The molecule has 122 valence electrons. The average molecular weight is 293 g/mol. The molecule has 1 saturated heterocycles. The second kappa shape index (κ2) is 7.00. The first-order valence-electron chi connectivity index (χ1n) is 9.59. The molecule has 21 heavy (non-hydrogen) atoms. The van der Waals surface area contributed by atoms with Crippen molar-refractivity contribution >= 4 is 0 Å². The number of rotatable bonds is 2. The molecule has 3 aliphatic rings. The Bertz CT molecular complexity index is 322. The fraction of sp³-hybridized carbons (Fsp3) is 1.00. The van der Waals surface area contributed by atoms with Crippen molar-refractivity contribution in [3.05, 3.63) is 0 Å². The van der Waals surface area contributed by atoms with Gasteiger partial charge in [0.2, 0.25) is 0 Å². The van der Waals surface area contributed by atoms with Crippen LogP contribution >= 0.6 is 0 Å². The molecule has 0 aromatic rings. The molecular formula is C19H35NO. The van der Waals surface area contributed by atoms with E-state index in [9.17, 15) is 5.11 Å². The first-order valence-corrected chi connectivity index (χ1v) is 9.59. The van der Waals surface area contributed by atoms with E-state index in [-0.39, 0.29) is 6.10 Å². The van der Waals surface area contributed by atoms with Crippen molar-refractivity contribution in [2.45, 2.75) is 96.2 Å². The highest BCUT2D eigenvalue weighted by Gasteiger charge is 2.39. The molecule has 2 aliphatic carbocycles. The molecule has 0 radical (unpaired) electrons. The lowest BCUT2D eigenvalue weighted by Crippen LogP contribution is -2.54. The van der Waals surface area contributed by atoms with Gasteiger partial charge in [0.15, 0.2) is 0 Å². The van der Waals surface area contributed by atoms with Crippen LogP contribution in [-0.2, 0) is 0 Å². The summed E-state index contributed by atoms with van der Waals surface area (Å²) in [5.74, 6) is 2.34. The number of nitrogens with zero attached hydrogens (tertiary/aromatic N) is 1. The fourth-order valence-corrected chi connectivity index (χ4v) is 5.66. The average Bonchev–Trinajstić information content (AvgIpc) is 2.47. The second-order valence-corrected chi connectivity index (χ2v) is 8.39. The van der Waals surface area contributed by atoms with Crippen molar-refractivity contribution in [2.24, 2.45) is 17.8 Å². The Kier molecular flexibility index (Phi) is 5.27. The predicted octanol–water partition coefficient (Wildman–Crippen LogP) is 4.22. The van der Waals surface area contributed by atoms with Crippen molar-refractivity contribution in [3.63, 3.8) is 0 Å². The SMILES string of the molecule is CC1CC(C)CC(N2CCCCC2C2CCCCC2O)C1. The molecule has 0 aromatic heterocycles. The van der Waals surface area contributed by atoms with Gasteiger partial charge in [0, 0.05) is 18.0 Å². The van der Waals surface area contributed by atoms with Crippen LogP contribution in [0, 0.1) is 17.8 Å². The normalized spacial score (nSPS) is 46.4. The summed E-state index contributed by atoms with van der Waals surface area (Å²) in [6.45, 7) is 6.17. The number of hydrogen-bond donors (Lipinski definition) is 1. The molecule has 2 saturated carbocycles. The molecule has 2 heteroatoms. The van der Waals surface area contributed by atoms with Gasteiger partial charge in [-0.2, -0.15) is 0 Å². The van der Waals surface area contributed by atoms with Gasteiger partial charge in [-0.3, -0.25) is 4.90 Å². The lowest BCUT2D eigenvalue weighted by atomic mass is 9.74. The third kappa shape index (κ3) is 3.64. The van der Waals surface area contributed by atoms with Gasteiger partial charge in [0.25, 0.3) is 0 Å². The Balaban J connectivity index is 1.71. The molecule has 5 unspecified atom stereocenters. The van der Waals surface area contributed by atoms with Crippen LogP contribution in [0.15, 0.2) is 0 Å². The van der Waals surface area contributed by atoms with Crippen LogP contribution in [0.2, 0.25) is 0 Å². The quantitative estimate of drug-likeness (QED) is 0.824. The van der Waals surface area contributed by atoms with Crippen molar-refractivity contribution in [1.29, 1.82) is 0 Å². The summed E-state index contributed by atoms with van der Waals surface area (Å²) in [6, 6.07) is 1.47. The van der Waals surface area contributed by atoms with Crippen molar-refractivity contribution in [3.8, 4) is 0 Å². The molecule has 0 amide bonds. The van der Waals surface area contributed by atoms with Gasteiger partial charge < -0.3 is 5.11 Å². The fourth-order valence-electron chi connectivity index (χ4n) is 5.66. The van der Waals surface area contributed by atoms with E-state index in [1.165, 1.54) is 64.3 Å². The van der Waals surface area contributed by atoms with Gasteiger partial charge in [-0.1, -0.05) is 33.1 Å². The number of piperidine rings is 1. The van der Waals surface area contributed by atoms with Crippen LogP contribution in [0.25, 0.3) is 0 Å². The van der Waals surface area contributed by atoms with E-state index >= 15 is 0 Å². The Hall–Kier alpha value is -0.0800. The van der Waals surface area contributed by atoms with Crippen molar-refractivity contribution in [1.82, 2.24) is 4.90 Å². The minimum Gasteiger partial charge on any atom is -0.393 e. The highest BCUT2D eigenvalue weighted by molar-refractivity contribution is 4.93. The molecule has 3 rings (SSSR count). The van der Waals surface area contributed by atoms with E-state index in [4.69, 9.17) is 0 Å². The Morgan fingerprint density at radius 1 is 0.810 bits per heavy atom. The first-order chi connectivity index (χ1) is 10.1. The summed E-state index contributed by atoms with van der Waals surface area (Å²) < 4.78 is 0. The minimum atomic E-state index is -0.0252. The Morgan fingerprint density at radius 3 is 2.19 bits per heavy atom. The first kappa shape index (κ1) is 15.8. The third-order valence-corrected chi connectivity index (χ3v) is 6.49. The summed E-state index contributed by atoms with van der Waals surface area (Å²) in [5.41, 5.74) is 0. The smallest absolute Gasteiger partial charge is 0.0583 e. The molecule has 0 bridgehead atoms. The molecule has 5 atom stereocenters. The Morgan fingerprint density at radius 2 is 1.48 bits per heavy atom. The molecule has 1 N–H and O–H groups in total. The summed E-state index contributed by atoms with van der Waals surface area (Å²) in [7, 11) is 0. The van der Waals surface area contributed by atoms with E-state index in [0.29, 0.717) is 12.0 Å². The van der Waals surface area contributed by atoms with Gasteiger partial charge in [-0.15, -0.1) is 0 Å². The van der Waals surface area contributed by atoms with E-state index in [1.54, 1.807) is 0 Å². The number of hydrogen-bond acceptors (Lipinski definition) is 2. The highest BCUT2D eigenvalue weighted by Crippen LogP contribution is 2.39. The zero-order valence-corrected chi connectivity index (χ0v) is 14.1. The lowest BCUT2D eigenvalue weighted by molar-refractivity contribution is -0.0358. The molecule has 1 heterocycles. The van der Waals surface area contributed by atoms with Crippen LogP contribution in [0.3, 0.4) is 0 Å². The minimum absolute atomic E-state index is 0.0252. The maximum absolute atomic E-state index is 10.5. The maximum atomic E-state index is 10.5. The van der Waals surface area contributed by atoms with E-state index in [1.807, 2.05) is 0 Å². The Labute approximate surface area is 131 Å². The maximum Gasteiger partial charge on any atom is 0.0583 e. The van der Waals surface area contributed by atoms with Crippen molar-refractivity contribution < 1.29 is 5.11 Å². The highest BCUT2D eigenvalue weighted by atomic mass is 16.3. The zero-order chi connectivity index (χ0) is 14.8. The molecule has 3 fully saturated rings. The monoisotopic (exact) mass is 293 g/mol. The van der Waals surface area contributed by atoms with E-state index in [0.717, 1.165) is 24.3 Å². The summed E-state index contributed by atoms with van der Waals surface area (Å²) in [4.78, 5) is 2.86. The van der Waals surface area contributed by atoms with Crippen molar-refractivity contribution in [2.75, 3.05) is 6.54 Å². The van der Waals surface area contributed by atoms with Gasteiger partial charge in [-0.25, -0.2) is 0 Å². The number of aliphatic hydroxyl groups is 1. The summed E-state index contributed by atoms with van der Waals surface area (Å²) in [6.07, 6.45) is 13.1. The van der Waals surface area contributed by atoms with Crippen LogP contribution in [0.4, 0.5) is 0 Å². The summed E-state index contributed by atoms with van der Waals surface area (Å²) >= 11 is 0. The number of likely N-dealkylation sites (tertiary alicyclic amines) is 1. The molecule has 2 nitrogen and oxygen atoms in total. The van der Waals surface area contributed by atoms with Crippen LogP contribution in [0.5, 0.6) is 0 Å². The predicted molar refractivity (Wildman–Crippen MR) is 88.3 cm³/mol. The second-order valence-electron chi connectivity index (χ2n) is 8.39. The standard InChI is InChI=1S/C19H35NO/c1-14-11-15(2)13-16(12-14)20-10-6-5-8-18(20)17-7-3-4-9-19(17)21/h14-19,21H,3-13H2,1-2H3. The van der Waals surface area contributed by atoms with Crippen LogP contribution in [-0.4, -0.2) is 34.7 Å². The molecule has 0 spiro atoms. The topological polar surface area (TPSA) is 23.5 Å². The largest absolute Gasteiger partial charge is 0.393 e. The summed E-state index contributed by atoms with van der Waals surface area (Å²) in [5, 5.41) is 10.5. The van der Waals surface area contributed by atoms with E-state index < -0.39 is 0 Å². The zero-order valence-electron chi connectivity index (χ0n) is 14.1. The van der Waals surface area contributed by atoms with Gasteiger partial charge >= 0.3 is 0 Å². The molecule has 1 aliphatic heterocycles.